The number of methoxy groups -OCH3 is 1. The summed E-state index contributed by atoms with van der Waals surface area (Å²) >= 11 is 3.38. The fourth-order valence-corrected chi connectivity index (χ4v) is 2.79. The SMILES string of the molecule is COc1ccc(NC2(C#N)C(=O)Nc3ccc(Br)cc32)cc1. The minimum atomic E-state index is -1.45. The number of benzene rings is 2. The Morgan fingerprint density at radius 3 is 2.64 bits per heavy atom. The molecular weight excluding hydrogens is 346 g/mol. The van der Waals surface area contributed by atoms with Crippen molar-refractivity contribution in [3.8, 4) is 11.8 Å². The fourth-order valence-electron chi connectivity index (χ4n) is 2.43. The van der Waals surface area contributed by atoms with Crippen LogP contribution in [0.1, 0.15) is 5.56 Å². The Balaban J connectivity index is 2.04. The van der Waals surface area contributed by atoms with Gasteiger partial charge in [0.2, 0.25) is 5.54 Å². The number of nitriles is 1. The molecule has 1 heterocycles. The molecule has 0 aromatic heterocycles. The molecule has 0 bridgehead atoms. The maximum atomic E-state index is 12.4. The molecule has 0 fully saturated rings. The number of carbonyl (C=O) groups excluding carboxylic acids is 1. The molecule has 0 saturated carbocycles. The molecule has 1 aliphatic heterocycles. The van der Waals surface area contributed by atoms with Gasteiger partial charge in [-0.05, 0) is 42.5 Å². The third-order valence-electron chi connectivity index (χ3n) is 3.56. The number of halogens is 1. The van der Waals surface area contributed by atoms with Crippen LogP contribution in [0.25, 0.3) is 0 Å². The second-order valence-electron chi connectivity index (χ2n) is 4.86. The van der Waals surface area contributed by atoms with Crippen molar-refractivity contribution >= 4 is 33.2 Å². The highest BCUT2D eigenvalue weighted by atomic mass is 79.9. The van der Waals surface area contributed by atoms with Crippen molar-refractivity contribution < 1.29 is 9.53 Å². The lowest BCUT2D eigenvalue weighted by Crippen LogP contribution is -2.40. The molecule has 2 aromatic carbocycles. The largest absolute Gasteiger partial charge is 0.497 e. The van der Waals surface area contributed by atoms with Crippen molar-refractivity contribution in [1.82, 2.24) is 0 Å². The van der Waals surface area contributed by atoms with Crippen molar-refractivity contribution in [3.63, 3.8) is 0 Å². The van der Waals surface area contributed by atoms with E-state index >= 15 is 0 Å². The molecular formula is C16H12BrN3O2. The molecule has 1 amide bonds. The van der Waals surface area contributed by atoms with Gasteiger partial charge in [-0.15, -0.1) is 0 Å². The predicted octanol–water partition coefficient (Wildman–Crippen LogP) is 3.24. The monoisotopic (exact) mass is 357 g/mol. The minimum absolute atomic E-state index is 0.390. The number of carbonyl (C=O) groups is 1. The predicted molar refractivity (Wildman–Crippen MR) is 86.7 cm³/mol. The molecule has 1 atom stereocenters. The van der Waals surface area contributed by atoms with Crippen molar-refractivity contribution in [1.29, 1.82) is 5.26 Å². The Morgan fingerprint density at radius 1 is 1.27 bits per heavy atom. The van der Waals surface area contributed by atoms with E-state index in [-0.39, 0.29) is 5.91 Å². The van der Waals surface area contributed by atoms with Gasteiger partial charge in [-0.3, -0.25) is 4.79 Å². The van der Waals surface area contributed by atoms with E-state index in [0.29, 0.717) is 22.7 Å². The molecule has 3 rings (SSSR count). The number of amides is 1. The zero-order chi connectivity index (χ0) is 15.7. The lowest BCUT2D eigenvalue weighted by Gasteiger charge is -2.22. The van der Waals surface area contributed by atoms with Crippen molar-refractivity contribution in [2.24, 2.45) is 0 Å². The molecule has 110 valence electrons. The van der Waals surface area contributed by atoms with Crippen LogP contribution in [-0.4, -0.2) is 13.0 Å². The maximum Gasteiger partial charge on any atom is 0.269 e. The van der Waals surface area contributed by atoms with E-state index in [1.807, 2.05) is 6.07 Å². The third-order valence-corrected chi connectivity index (χ3v) is 4.06. The Hall–Kier alpha value is -2.52. The standard InChI is InChI=1S/C16H12BrN3O2/c1-22-12-5-3-11(4-6-12)20-16(9-18)13-8-10(17)2-7-14(13)19-15(16)21/h2-8,20H,1H3,(H,19,21). The first-order valence-corrected chi connectivity index (χ1v) is 7.33. The second-order valence-corrected chi connectivity index (χ2v) is 5.78. The summed E-state index contributed by atoms with van der Waals surface area (Å²) in [6, 6.07) is 14.5. The number of anilines is 2. The molecule has 0 radical (unpaired) electrons. The Kier molecular flexibility index (Phi) is 3.51. The van der Waals surface area contributed by atoms with Crippen molar-refractivity contribution in [3.05, 3.63) is 52.5 Å². The first kappa shape index (κ1) is 14.4. The van der Waals surface area contributed by atoms with Crippen LogP contribution in [-0.2, 0) is 10.3 Å². The number of hydrogen-bond donors (Lipinski definition) is 2. The minimum Gasteiger partial charge on any atom is -0.497 e. The Morgan fingerprint density at radius 2 is 2.00 bits per heavy atom. The summed E-state index contributed by atoms with van der Waals surface area (Å²) in [5.74, 6) is 0.314. The van der Waals surface area contributed by atoms with Crippen molar-refractivity contribution in [2.45, 2.75) is 5.54 Å². The molecule has 0 spiro atoms. The van der Waals surface area contributed by atoms with E-state index in [0.717, 1.165) is 4.47 Å². The van der Waals surface area contributed by atoms with Crippen LogP contribution in [0.2, 0.25) is 0 Å². The summed E-state index contributed by atoms with van der Waals surface area (Å²) in [6.07, 6.45) is 0. The van der Waals surface area contributed by atoms with Gasteiger partial charge in [0.25, 0.3) is 5.91 Å². The highest BCUT2D eigenvalue weighted by molar-refractivity contribution is 9.10. The van der Waals surface area contributed by atoms with Crippen LogP contribution in [0.3, 0.4) is 0 Å². The first-order chi connectivity index (χ1) is 10.6. The smallest absolute Gasteiger partial charge is 0.269 e. The number of nitrogens with one attached hydrogen (secondary N) is 2. The summed E-state index contributed by atoms with van der Waals surface area (Å²) in [6.45, 7) is 0. The molecule has 2 N–H and O–H groups in total. The van der Waals surface area contributed by atoms with E-state index in [2.05, 4.69) is 32.6 Å². The van der Waals surface area contributed by atoms with Crippen LogP contribution in [0, 0.1) is 11.3 Å². The van der Waals surface area contributed by atoms with E-state index < -0.39 is 5.54 Å². The summed E-state index contributed by atoms with van der Waals surface area (Å²) in [4.78, 5) is 12.4. The van der Waals surface area contributed by atoms with Gasteiger partial charge in [0.15, 0.2) is 0 Å². The lowest BCUT2D eigenvalue weighted by molar-refractivity contribution is -0.118. The Bertz CT molecular complexity index is 783. The van der Waals surface area contributed by atoms with Gasteiger partial charge in [-0.25, -0.2) is 0 Å². The first-order valence-electron chi connectivity index (χ1n) is 6.54. The van der Waals surface area contributed by atoms with Gasteiger partial charge in [-0.1, -0.05) is 15.9 Å². The van der Waals surface area contributed by atoms with E-state index in [4.69, 9.17) is 4.74 Å². The van der Waals surface area contributed by atoms with Crippen molar-refractivity contribution in [2.75, 3.05) is 17.7 Å². The van der Waals surface area contributed by atoms with Crippen LogP contribution in [0.4, 0.5) is 11.4 Å². The highest BCUT2D eigenvalue weighted by Crippen LogP contribution is 2.39. The molecule has 1 aliphatic rings. The van der Waals surface area contributed by atoms with Gasteiger partial charge in [0.1, 0.15) is 11.8 Å². The number of rotatable bonds is 3. The normalized spacial score (nSPS) is 19.0. The Labute approximate surface area is 136 Å². The zero-order valence-corrected chi connectivity index (χ0v) is 13.3. The molecule has 1 unspecified atom stereocenters. The van der Waals surface area contributed by atoms with Gasteiger partial charge in [0.05, 0.1) is 7.11 Å². The molecule has 0 saturated heterocycles. The second kappa shape index (κ2) is 5.35. The average molecular weight is 358 g/mol. The van der Waals surface area contributed by atoms with Gasteiger partial charge in [-0.2, -0.15) is 5.26 Å². The summed E-state index contributed by atoms with van der Waals surface area (Å²) in [7, 11) is 1.58. The van der Waals surface area contributed by atoms with E-state index in [1.54, 1.807) is 43.5 Å². The number of nitrogens with zero attached hydrogens (tertiary/aromatic N) is 1. The van der Waals surface area contributed by atoms with Crippen LogP contribution >= 0.6 is 15.9 Å². The fraction of sp³-hybridized carbons (Fsp3) is 0.125. The van der Waals surface area contributed by atoms with E-state index in [1.165, 1.54) is 0 Å². The molecule has 6 heteroatoms. The maximum absolute atomic E-state index is 12.4. The van der Waals surface area contributed by atoms with Gasteiger partial charge in [0, 0.05) is 21.4 Å². The topological polar surface area (TPSA) is 74.1 Å². The summed E-state index contributed by atoms with van der Waals surface area (Å²) in [5, 5.41) is 15.5. The third kappa shape index (κ3) is 2.20. The zero-order valence-electron chi connectivity index (χ0n) is 11.7. The number of ether oxygens (including phenoxy) is 1. The van der Waals surface area contributed by atoms with Crippen LogP contribution in [0.5, 0.6) is 5.75 Å². The lowest BCUT2D eigenvalue weighted by atomic mass is 9.92. The van der Waals surface area contributed by atoms with Gasteiger partial charge < -0.3 is 15.4 Å². The average Bonchev–Trinajstić information content (AvgIpc) is 2.80. The number of fused-ring (bicyclic) bond motifs is 1. The summed E-state index contributed by atoms with van der Waals surface area (Å²) < 4.78 is 5.91. The van der Waals surface area contributed by atoms with Crippen LogP contribution < -0.4 is 15.4 Å². The molecule has 2 aromatic rings. The van der Waals surface area contributed by atoms with Crippen LogP contribution in [0.15, 0.2) is 46.9 Å². The molecule has 5 nitrogen and oxygen atoms in total. The highest BCUT2D eigenvalue weighted by Gasteiger charge is 2.47. The summed E-state index contributed by atoms with van der Waals surface area (Å²) in [5.41, 5.74) is 0.444. The molecule has 0 aliphatic carbocycles. The quantitative estimate of drug-likeness (QED) is 0.884. The molecule has 22 heavy (non-hydrogen) atoms. The number of hydrogen-bond acceptors (Lipinski definition) is 4. The van der Waals surface area contributed by atoms with Gasteiger partial charge >= 0.3 is 0 Å². The van der Waals surface area contributed by atoms with E-state index in [9.17, 15) is 10.1 Å².